The number of nitrogens with zero attached hydrogens (tertiary/aromatic N) is 1. The molecule has 3 nitrogen and oxygen atoms in total. The van der Waals surface area contributed by atoms with Gasteiger partial charge in [-0.3, -0.25) is 4.79 Å². The molecule has 1 saturated heterocycles. The molecule has 1 atom stereocenters. The van der Waals surface area contributed by atoms with Crippen molar-refractivity contribution >= 4 is 5.91 Å². The summed E-state index contributed by atoms with van der Waals surface area (Å²) >= 11 is 0. The van der Waals surface area contributed by atoms with E-state index < -0.39 is 0 Å². The van der Waals surface area contributed by atoms with E-state index in [2.05, 4.69) is 5.32 Å². The van der Waals surface area contributed by atoms with E-state index in [4.69, 9.17) is 0 Å². The Hall–Kier alpha value is -0.570. The minimum absolute atomic E-state index is 0.255. The number of hydrogen-bond acceptors (Lipinski definition) is 2. The topological polar surface area (TPSA) is 32.3 Å². The van der Waals surface area contributed by atoms with Crippen molar-refractivity contribution in [3.63, 3.8) is 0 Å². The highest BCUT2D eigenvalue weighted by atomic mass is 16.2. The maximum atomic E-state index is 11.3. The van der Waals surface area contributed by atoms with Crippen molar-refractivity contribution in [2.24, 2.45) is 5.92 Å². The van der Waals surface area contributed by atoms with Gasteiger partial charge in [0.05, 0.1) is 0 Å². The van der Waals surface area contributed by atoms with Crippen LogP contribution < -0.4 is 5.32 Å². The number of piperidine rings is 1. The SMILES string of the molecule is CCC(=O)N(C)CC1CCCNC1. The molecule has 0 aromatic rings. The fraction of sp³-hybridized carbons (Fsp3) is 0.900. The Bertz CT molecular complexity index is 164. The summed E-state index contributed by atoms with van der Waals surface area (Å²) in [6, 6.07) is 0. The molecule has 1 aliphatic heterocycles. The van der Waals surface area contributed by atoms with Crippen LogP contribution in [0, 0.1) is 5.92 Å². The first-order chi connectivity index (χ1) is 6.24. The normalized spacial score (nSPS) is 22.8. The molecule has 0 aliphatic carbocycles. The number of hydrogen-bond donors (Lipinski definition) is 1. The van der Waals surface area contributed by atoms with Crippen molar-refractivity contribution in [1.82, 2.24) is 10.2 Å². The molecule has 1 fully saturated rings. The predicted octanol–water partition coefficient (Wildman–Crippen LogP) is 0.854. The molecule has 0 spiro atoms. The summed E-state index contributed by atoms with van der Waals surface area (Å²) in [5.74, 6) is 0.917. The van der Waals surface area contributed by atoms with Crippen molar-refractivity contribution in [1.29, 1.82) is 0 Å². The van der Waals surface area contributed by atoms with Gasteiger partial charge in [-0.2, -0.15) is 0 Å². The molecule has 3 heteroatoms. The fourth-order valence-electron chi connectivity index (χ4n) is 1.84. The highest BCUT2D eigenvalue weighted by Crippen LogP contribution is 2.11. The summed E-state index contributed by atoms with van der Waals surface area (Å²) in [6.07, 6.45) is 3.13. The molecule has 0 bridgehead atoms. The van der Waals surface area contributed by atoms with Gasteiger partial charge in [0.15, 0.2) is 0 Å². The summed E-state index contributed by atoms with van der Waals surface area (Å²) in [5.41, 5.74) is 0. The number of nitrogens with one attached hydrogen (secondary N) is 1. The first-order valence-corrected chi connectivity index (χ1v) is 5.18. The Morgan fingerprint density at radius 2 is 2.38 bits per heavy atom. The molecule has 1 heterocycles. The van der Waals surface area contributed by atoms with Gasteiger partial charge in [-0.25, -0.2) is 0 Å². The van der Waals surface area contributed by atoms with Gasteiger partial charge in [-0.05, 0) is 31.8 Å². The first-order valence-electron chi connectivity index (χ1n) is 5.18. The maximum Gasteiger partial charge on any atom is 0.222 e. The Labute approximate surface area is 80.5 Å². The standard InChI is InChI=1S/C10H20N2O/c1-3-10(13)12(2)8-9-5-4-6-11-7-9/h9,11H,3-8H2,1-2H3. The molecule has 1 amide bonds. The molecular weight excluding hydrogens is 164 g/mol. The Morgan fingerprint density at radius 3 is 2.92 bits per heavy atom. The van der Waals surface area contributed by atoms with E-state index in [0.717, 1.165) is 19.6 Å². The Morgan fingerprint density at radius 1 is 1.62 bits per heavy atom. The zero-order valence-corrected chi connectivity index (χ0v) is 8.68. The van der Waals surface area contributed by atoms with E-state index in [0.29, 0.717) is 12.3 Å². The van der Waals surface area contributed by atoms with E-state index in [9.17, 15) is 4.79 Å². The van der Waals surface area contributed by atoms with Crippen LogP contribution in [-0.2, 0) is 4.79 Å². The third-order valence-corrected chi connectivity index (χ3v) is 2.66. The summed E-state index contributed by atoms with van der Waals surface area (Å²) in [4.78, 5) is 13.1. The molecule has 0 radical (unpaired) electrons. The van der Waals surface area contributed by atoms with Crippen LogP contribution in [-0.4, -0.2) is 37.5 Å². The van der Waals surface area contributed by atoms with Gasteiger partial charge in [0, 0.05) is 20.0 Å². The van der Waals surface area contributed by atoms with E-state index in [1.165, 1.54) is 12.8 Å². The summed E-state index contributed by atoms with van der Waals surface area (Å²) in [6.45, 7) is 5.04. The summed E-state index contributed by atoms with van der Waals surface area (Å²) < 4.78 is 0. The summed E-state index contributed by atoms with van der Waals surface area (Å²) in [7, 11) is 1.90. The highest BCUT2D eigenvalue weighted by Gasteiger charge is 2.16. The van der Waals surface area contributed by atoms with Crippen LogP contribution in [0.1, 0.15) is 26.2 Å². The second kappa shape index (κ2) is 5.22. The van der Waals surface area contributed by atoms with Gasteiger partial charge in [0.1, 0.15) is 0 Å². The number of carbonyl (C=O) groups excluding carboxylic acids is 1. The van der Waals surface area contributed by atoms with Gasteiger partial charge in [-0.15, -0.1) is 0 Å². The average Bonchev–Trinajstić information content (AvgIpc) is 2.18. The van der Waals surface area contributed by atoms with Crippen LogP contribution in [0.4, 0.5) is 0 Å². The van der Waals surface area contributed by atoms with E-state index in [1.54, 1.807) is 0 Å². The predicted molar refractivity (Wildman–Crippen MR) is 53.5 cm³/mol. The molecule has 1 unspecified atom stereocenters. The molecule has 1 N–H and O–H groups in total. The lowest BCUT2D eigenvalue weighted by molar-refractivity contribution is -0.130. The first kappa shape index (κ1) is 10.5. The third-order valence-electron chi connectivity index (χ3n) is 2.66. The van der Waals surface area contributed by atoms with E-state index >= 15 is 0 Å². The largest absolute Gasteiger partial charge is 0.345 e. The van der Waals surface area contributed by atoms with Crippen LogP contribution in [0.3, 0.4) is 0 Å². The number of amides is 1. The summed E-state index contributed by atoms with van der Waals surface area (Å²) in [5, 5.41) is 3.36. The molecule has 0 saturated carbocycles. The molecule has 1 rings (SSSR count). The Balaban J connectivity index is 2.25. The quantitative estimate of drug-likeness (QED) is 0.705. The maximum absolute atomic E-state index is 11.3. The molecule has 76 valence electrons. The average molecular weight is 184 g/mol. The van der Waals surface area contributed by atoms with E-state index in [-0.39, 0.29) is 5.91 Å². The molecule has 1 aliphatic rings. The van der Waals surface area contributed by atoms with Gasteiger partial charge in [-0.1, -0.05) is 6.92 Å². The zero-order chi connectivity index (χ0) is 9.68. The lowest BCUT2D eigenvalue weighted by Crippen LogP contribution is -2.38. The van der Waals surface area contributed by atoms with Gasteiger partial charge in [0.25, 0.3) is 0 Å². The van der Waals surface area contributed by atoms with Crippen LogP contribution in [0.2, 0.25) is 0 Å². The Kier molecular flexibility index (Phi) is 4.22. The second-order valence-electron chi connectivity index (χ2n) is 3.84. The van der Waals surface area contributed by atoms with Crippen molar-refractivity contribution in [2.75, 3.05) is 26.7 Å². The zero-order valence-electron chi connectivity index (χ0n) is 8.68. The minimum atomic E-state index is 0.255. The van der Waals surface area contributed by atoms with Gasteiger partial charge < -0.3 is 10.2 Å². The molecule has 0 aromatic carbocycles. The number of rotatable bonds is 3. The van der Waals surface area contributed by atoms with Gasteiger partial charge in [0.2, 0.25) is 5.91 Å². The van der Waals surface area contributed by atoms with Crippen LogP contribution in [0.25, 0.3) is 0 Å². The van der Waals surface area contributed by atoms with Crippen molar-refractivity contribution in [2.45, 2.75) is 26.2 Å². The fourth-order valence-corrected chi connectivity index (χ4v) is 1.84. The van der Waals surface area contributed by atoms with Crippen molar-refractivity contribution < 1.29 is 4.79 Å². The van der Waals surface area contributed by atoms with Crippen molar-refractivity contribution in [3.05, 3.63) is 0 Å². The smallest absolute Gasteiger partial charge is 0.222 e. The third kappa shape index (κ3) is 3.35. The number of carbonyl (C=O) groups is 1. The lowest BCUT2D eigenvalue weighted by Gasteiger charge is -2.27. The van der Waals surface area contributed by atoms with Crippen LogP contribution in [0.5, 0.6) is 0 Å². The lowest BCUT2D eigenvalue weighted by atomic mass is 9.99. The van der Waals surface area contributed by atoms with Crippen LogP contribution >= 0.6 is 0 Å². The molecular formula is C10H20N2O. The monoisotopic (exact) mass is 184 g/mol. The second-order valence-corrected chi connectivity index (χ2v) is 3.84. The molecule has 0 aromatic heterocycles. The van der Waals surface area contributed by atoms with Crippen molar-refractivity contribution in [3.8, 4) is 0 Å². The van der Waals surface area contributed by atoms with Crippen LogP contribution in [0.15, 0.2) is 0 Å². The highest BCUT2D eigenvalue weighted by molar-refractivity contribution is 5.75. The van der Waals surface area contributed by atoms with E-state index in [1.807, 2.05) is 18.9 Å². The minimum Gasteiger partial charge on any atom is -0.345 e. The molecule has 13 heavy (non-hydrogen) atoms. The van der Waals surface area contributed by atoms with Gasteiger partial charge >= 0.3 is 0 Å².